The third kappa shape index (κ3) is 35.0. The number of phosphoric ester groups is 1. The summed E-state index contributed by atoms with van der Waals surface area (Å²) in [5, 5.41) is 7.75. The van der Waals surface area contributed by atoms with E-state index in [0.29, 0.717) is 13.0 Å². The van der Waals surface area contributed by atoms with Gasteiger partial charge in [0, 0.05) is 19.4 Å². The van der Waals surface area contributed by atoms with Crippen molar-refractivity contribution in [1.29, 1.82) is 0 Å². The van der Waals surface area contributed by atoms with Crippen molar-refractivity contribution < 1.29 is 43.0 Å². The first kappa shape index (κ1) is 41.1. The molecule has 0 bridgehead atoms. The van der Waals surface area contributed by atoms with E-state index in [-0.39, 0.29) is 26.1 Å². The highest BCUT2D eigenvalue weighted by Gasteiger charge is 2.22. The van der Waals surface area contributed by atoms with Crippen LogP contribution in [0, 0.1) is 0 Å². The topological polar surface area (TPSA) is 166 Å². The fourth-order valence-electron chi connectivity index (χ4n) is 3.96. The van der Waals surface area contributed by atoms with Gasteiger partial charge in [-0.05, 0) is 12.8 Å². The molecule has 0 radical (unpaired) electrons. The van der Waals surface area contributed by atoms with Crippen molar-refractivity contribution >= 4 is 19.8 Å². The number of carbonyl (C=O) groups is 2. The number of aliphatic hydroxyl groups is 1. The van der Waals surface area contributed by atoms with Gasteiger partial charge in [0.05, 0.1) is 13.2 Å². The van der Waals surface area contributed by atoms with E-state index in [1.807, 2.05) is 0 Å². The molecule has 5 N–H and O–H groups in total. The lowest BCUT2D eigenvalue weighted by Crippen LogP contribution is -2.29. The van der Waals surface area contributed by atoms with Crippen LogP contribution < -0.4 is 5.73 Å². The number of rotatable bonds is 27. The zero-order chi connectivity index (χ0) is 30.3. The average molecular weight is 598 g/mol. The standard InChI is InChI=1S/C27H53O8P.C2H7NO/c1-3-5-7-9-11-13-15-17-19-21-26(28)33-23-25(24-34-36(30,31)32)35-27(29)22-20-18-16-14-12-10-8-6-4-2;3-1-2-4/h25H,3-24H2,1-2H3,(H2,30,31,32);4H,1-3H2. The first-order chi connectivity index (χ1) is 19.2. The summed E-state index contributed by atoms with van der Waals surface area (Å²) in [7, 11) is -4.72. The van der Waals surface area contributed by atoms with Crippen LogP contribution in [0.3, 0.4) is 0 Å². The van der Waals surface area contributed by atoms with Crippen LogP contribution in [0.5, 0.6) is 0 Å². The van der Waals surface area contributed by atoms with Gasteiger partial charge in [-0.3, -0.25) is 14.1 Å². The lowest BCUT2D eigenvalue weighted by atomic mass is 10.1. The van der Waals surface area contributed by atoms with E-state index >= 15 is 0 Å². The molecule has 0 rings (SSSR count). The molecule has 0 heterocycles. The molecular weight excluding hydrogens is 537 g/mol. The Balaban J connectivity index is 0. The summed E-state index contributed by atoms with van der Waals surface area (Å²) in [5.74, 6) is -0.888. The normalized spacial score (nSPS) is 11.9. The van der Waals surface area contributed by atoms with Crippen LogP contribution in [0.25, 0.3) is 0 Å². The van der Waals surface area contributed by atoms with Crippen molar-refractivity contribution in [1.82, 2.24) is 0 Å². The molecule has 1 unspecified atom stereocenters. The Labute approximate surface area is 243 Å². The van der Waals surface area contributed by atoms with Crippen LogP contribution in [-0.4, -0.2) is 59.3 Å². The predicted molar refractivity (Wildman–Crippen MR) is 159 cm³/mol. The minimum Gasteiger partial charge on any atom is -0.462 e. The molecule has 0 aromatic heterocycles. The fourth-order valence-corrected chi connectivity index (χ4v) is 4.32. The van der Waals surface area contributed by atoms with Gasteiger partial charge in [0.25, 0.3) is 0 Å². The Bertz CT molecular complexity index is 614. The van der Waals surface area contributed by atoms with Gasteiger partial charge < -0.3 is 30.1 Å². The molecule has 0 fully saturated rings. The summed E-state index contributed by atoms with van der Waals surface area (Å²) < 4.78 is 26.0. The smallest absolute Gasteiger partial charge is 0.462 e. The van der Waals surface area contributed by atoms with E-state index in [9.17, 15) is 14.2 Å². The summed E-state index contributed by atoms with van der Waals surface area (Å²) in [6.07, 6.45) is 19.9. The van der Waals surface area contributed by atoms with E-state index in [1.54, 1.807) is 0 Å². The molecule has 0 spiro atoms. The van der Waals surface area contributed by atoms with Gasteiger partial charge in [-0.25, -0.2) is 4.57 Å². The molecule has 1 atom stereocenters. The number of unbranched alkanes of at least 4 members (excludes halogenated alkanes) is 16. The van der Waals surface area contributed by atoms with Crippen molar-refractivity contribution in [3.8, 4) is 0 Å². The highest BCUT2D eigenvalue weighted by molar-refractivity contribution is 7.46. The first-order valence-corrected chi connectivity index (χ1v) is 17.1. The summed E-state index contributed by atoms with van der Waals surface area (Å²) in [6, 6.07) is 0. The maximum Gasteiger partial charge on any atom is 0.469 e. The Kier molecular flexibility index (Phi) is 31.8. The Morgan fingerprint density at radius 3 is 1.43 bits per heavy atom. The number of carbonyl (C=O) groups excluding carboxylic acids is 2. The highest BCUT2D eigenvalue weighted by atomic mass is 31.2. The van der Waals surface area contributed by atoms with E-state index in [1.165, 1.54) is 70.6 Å². The second-order valence-electron chi connectivity index (χ2n) is 10.3. The summed E-state index contributed by atoms with van der Waals surface area (Å²) >= 11 is 0. The minimum atomic E-state index is -4.72. The third-order valence-corrected chi connectivity index (χ3v) is 6.74. The minimum absolute atomic E-state index is 0.0972. The maximum atomic E-state index is 12.2. The molecule has 0 saturated heterocycles. The zero-order valence-corrected chi connectivity index (χ0v) is 26.3. The SMILES string of the molecule is CCCCCCCCCCCC(=O)OCC(COP(=O)(O)O)OC(=O)CCCCCCCCCCC.NCCO. The molecule has 240 valence electrons. The van der Waals surface area contributed by atoms with E-state index < -0.39 is 32.5 Å². The molecule has 10 nitrogen and oxygen atoms in total. The number of hydrogen-bond acceptors (Lipinski definition) is 8. The predicted octanol–water partition coefficient (Wildman–Crippen LogP) is 6.33. The van der Waals surface area contributed by atoms with Gasteiger partial charge in [-0.2, -0.15) is 0 Å². The van der Waals surface area contributed by atoms with Crippen LogP contribution in [0.2, 0.25) is 0 Å². The number of phosphoric acid groups is 1. The monoisotopic (exact) mass is 597 g/mol. The Morgan fingerprint density at radius 2 is 1.05 bits per heavy atom. The molecule has 0 aliphatic carbocycles. The molecule has 40 heavy (non-hydrogen) atoms. The van der Waals surface area contributed by atoms with Crippen molar-refractivity contribution in [3.05, 3.63) is 0 Å². The molecule has 0 saturated carbocycles. The molecule has 0 aromatic carbocycles. The van der Waals surface area contributed by atoms with Gasteiger partial charge in [-0.15, -0.1) is 0 Å². The molecule has 0 aliphatic heterocycles. The van der Waals surface area contributed by atoms with E-state index in [4.69, 9.17) is 30.1 Å². The molecule has 0 aliphatic rings. The quantitative estimate of drug-likeness (QED) is 0.0477. The average Bonchev–Trinajstić information content (AvgIpc) is 2.92. The number of aliphatic hydroxyl groups excluding tert-OH is 1. The first-order valence-electron chi connectivity index (χ1n) is 15.6. The van der Waals surface area contributed by atoms with Crippen molar-refractivity contribution in [3.63, 3.8) is 0 Å². The summed E-state index contributed by atoms with van der Waals surface area (Å²) in [6.45, 7) is 4.07. The zero-order valence-electron chi connectivity index (χ0n) is 25.4. The van der Waals surface area contributed by atoms with Crippen LogP contribution in [0.15, 0.2) is 0 Å². The number of hydrogen-bond donors (Lipinski definition) is 4. The summed E-state index contributed by atoms with van der Waals surface area (Å²) in [5.41, 5.74) is 4.78. The fraction of sp³-hybridized carbons (Fsp3) is 0.931. The molecule has 11 heteroatoms. The van der Waals surface area contributed by atoms with Crippen LogP contribution >= 0.6 is 7.82 Å². The van der Waals surface area contributed by atoms with E-state index in [2.05, 4.69) is 18.4 Å². The maximum absolute atomic E-state index is 12.2. The van der Waals surface area contributed by atoms with Crippen molar-refractivity contribution in [2.75, 3.05) is 26.4 Å². The van der Waals surface area contributed by atoms with Crippen molar-refractivity contribution in [2.45, 2.75) is 148 Å². The second kappa shape index (κ2) is 30.9. The largest absolute Gasteiger partial charge is 0.469 e. The molecular formula is C29H60NO9P. The Morgan fingerprint density at radius 1 is 0.675 bits per heavy atom. The van der Waals surface area contributed by atoms with Crippen LogP contribution in [0.4, 0.5) is 0 Å². The second-order valence-corrected chi connectivity index (χ2v) is 11.5. The Hall–Kier alpha value is -1.03. The lowest BCUT2D eigenvalue weighted by Gasteiger charge is -2.18. The lowest BCUT2D eigenvalue weighted by molar-refractivity contribution is -0.161. The van der Waals surface area contributed by atoms with Crippen molar-refractivity contribution in [2.24, 2.45) is 5.73 Å². The molecule has 0 aromatic rings. The number of ether oxygens (including phenoxy) is 2. The summed E-state index contributed by atoms with van der Waals surface area (Å²) in [4.78, 5) is 42.1. The van der Waals surface area contributed by atoms with Gasteiger partial charge in [0.1, 0.15) is 6.61 Å². The number of nitrogens with two attached hydrogens (primary N) is 1. The van der Waals surface area contributed by atoms with E-state index in [0.717, 1.165) is 38.5 Å². The molecule has 0 amide bonds. The van der Waals surface area contributed by atoms with Gasteiger partial charge in [-0.1, -0.05) is 117 Å². The van der Waals surface area contributed by atoms with Crippen LogP contribution in [-0.2, 0) is 28.2 Å². The van der Waals surface area contributed by atoms with Crippen LogP contribution in [0.1, 0.15) is 142 Å². The highest BCUT2D eigenvalue weighted by Crippen LogP contribution is 2.35. The van der Waals surface area contributed by atoms with Gasteiger partial charge >= 0.3 is 19.8 Å². The third-order valence-electron chi connectivity index (χ3n) is 6.25. The number of esters is 2. The van der Waals surface area contributed by atoms with Gasteiger partial charge in [0.2, 0.25) is 0 Å². The van der Waals surface area contributed by atoms with Gasteiger partial charge in [0.15, 0.2) is 6.10 Å².